The number of hydrogen-bond acceptors (Lipinski definition) is 3. The number of hydrogen-bond donors (Lipinski definition) is 0. The van der Waals surface area contributed by atoms with Crippen LogP contribution in [0.1, 0.15) is 28.4 Å². The highest BCUT2D eigenvalue weighted by molar-refractivity contribution is 7.92. The van der Waals surface area contributed by atoms with Gasteiger partial charge in [-0.2, -0.15) is 0 Å². The Kier molecular flexibility index (Phi) is 6.88. The van der Waals surface area contributed by atoms with Crippen molar-refractivity contribution in [2.24, 2.45) is 0 Å². The van der Waals surface area contributed by atoms with Crippen molar-refractivity contribution in [2.45, 2.75) is 25.3 Å². The molecule has 0 aromatic heterocycles. The largest absolute Gasteiger partial charge is 0.295 e. The molecule has 0 fully saturated rings. The van der Waals surface area contributed by atoms with Crippen LogP contribution in [-0.4, -0.2) is 14.2 Å². The van der Waals surface area contributed by atoms with Gasteiger partial charge in [0, 0.05) is 16.1 Å². The van der Waals surface area contributed by atoms with E-state index in [4.69, 9.17) is 11.6 Å². The van der Waals surface area contributed by atoms with Gasteiger partial charge in [-0.15, -0.1) is 0 Å². The number of fused-ring (bicyclic) bond motifs is 4. The van der Waals surface area contributed by atoms with Crippen LogP contribution in [0.5, 0.6) is 0 Å². The Morgan fingerprint density at radius 1 is 0.705 bits per heavy atom. The number of sulfonamides is 1. The number of aryl methyl sites for hydroxylation is 1. The summed E-state index contributed by atoms with van der Waals surface area (Å²) in [7, 11) is -3.92. The lowest BCUT2D eigenvalue weighted by atomic mass is 9.79. The molecular formula is C38H28ClNO3S. The quantitative estimate of drug-likeness (QED) is 0.182. The van der Waals surface area contributed by atoms with Crippen LogP contribution in [0, 0.1) is 6.92 Å². The van der Waals surface area contributed by atoms with Crippen LogP contribution in [0.4, 0.5) is 5.69 Å². The Labute approximate surface area is 262 Å². The van der Waals surface area contributed by atoms with E-state index in [1.165, 1.54) is 4.31 Å². The molecule has 6 aromatic carbocycles. The number of Topliss-reactive ketones (excluding diaryl/α,β-unsaturated/α-hetero) is 1. The van der Waals surface area contributed by atoms with Gasteiger partial charge in [0.15, 0.2) is 5.78 Å². The smallest absolute Gasteiger partial charge is 0.264 e. The summed E-state index contributed by atoms with van der Waals surface area (Å²) in [5.74, 6) is -0.0209. The number of benzene rings is 6. The molecule has 6 aromatic rings. The fourth-order valence-electron chi connectivity index (χ4n) is 6.25. The third-order valence-corrected chi connectivity index (χ3v) is 10.4. The predicted molar refractivity (Wildman–Crippen MR) is 180 cm³/mol. The number of carbonyl (C=O) groups excluding carboxylic acids is 1. The minimum absolute atomic E-state index is 0.0209. The van der Waals surface area contributed by atoms with Crippen LogP contribution in [-0.2, 0) is 16.6 Å². The first-order valence-electron chi connectivity index (χ1n) is 14.4. The summed E-state index contributed by atoms with van der Waals surface area (Å²) in [5.41, 5.74) is 8.67. The highest BCUT2D eigenvalue weighted by atomic mass is 35.5. The molecule has 7 rings (SSSR count). The SMILES string of the molecule is CC(=O)c1ccc2c(-c3ccc(Cl)cc3)c3c(c(-c4ccccc4)c2c1)-c1ccccc1N(S(=O)(=O)c1ccc(C)cc1)C3. The monoisotopic (exact) mass is 613 g/mol. The van der Waals surface area contributed by atoms with Crippen LogP contribution in [0.15, 0.2) is 126 Å². The van der Waals surface area contributed by atoms with Crippen molar-refractivity contribution in [1.29, 1.82) is 0 Å². The normalized spacial score (nSPS) is 12.6. The Balaban J connectivity index is 1.64. The summed E-state index contributed by atoms with van der Waals surface area (Å²) in [4.78, 5) is 12.9. The molecule has 216 valence electrons. The van der Waals surface area contributed by atoms with E-state index in [1.807, 2.05) is 104 Å². The molecule has 0 saturated heterocycles. The van der Waals surface area contributed by atoms with Crippen LogP contribution in [0.3, 0.4) is 0 Å². The third kappa shape index (κ3) is 4.60. The topological polar surface area (TPSA) is 54.5 Å². The van der Waals surface area contributed by atoms with Crippen molar-refractivity contribution in [3.63, 3.8) is 0 Å². The van der Waals surface area contributed by atoms with Crippen molar-refractivity contribution in [3.8, 4) is 33.4 Å². The van der Waals surface area contributed by atoms with Gasteiger partial charge in [-0.3, -0.25) is 9.10 Å². The van der Waals surface area contributed by atoms with Gasteiger partial charge in [-0.05, 0) is 94.4 Å². The van der Waals surface area contributed by atoms with E-state index in [-0.39, 0.29) is 17.2 Å². The number of nitrogens with zero attached hydrogens (tertiary/aromatic N) is 1. The van der Waals surface area contributed by atoms with Gasteiger partial charge in [0.2, 0.25) is 0 Å². The molecule has 0 bridgehead atoms. The lowest BCUT2D eigenvalue weighted by Crippen LogP contribution is -2.33. The van der Waals surface area contributed by atoms with Crippen molar-refractivity contribution >= 4 is 43.9 Å². The molecule has 6 heteroatoms. The first-order valence-corrected chi connectivity index (χ1v) is 16.2. The van der Waals surface area contributed by atoms with Gasteiger partial charge in [0.25, 0.3) is 10.0 Å². The molecule has 0 spiro atoms. The summed E-state index contributed by atoms with van der Waals surface area (Å²) >= 11 is 6.33. The molecule has 1 heterocycles. The van der Waals surface area contributed by atoms with E-state index < -0.39 is 10.0 Å². The van der Waals surface area contributed by atoms with Crippen molar-refractivity contribution in [3.05, 3.63) is 143 Å². The molecule has 0 saturated carbocycles. The predicted octanol–water partition coefficient (Wildman–Crippen LogP) is 9.71. The standard InChI is InChI=1S/C38H28ClNO3S/c1-24-12-19-30(20-13-24)44(42,43)40-23-34-36(27-14-17-29(39)18-15-27)31-21-16-28(25(2)41)22-33(31)37(26-8-4-3-5-9-26)38(34)32-10-6-7-11-35(32)40/h3-22H,23H2,1-2H3. The minimum Gasteiger partial charge on any atom is -0.295 e. The summed E-state index contributed by atoms with van der Waals surface area (Å²) in [6.45, 7) is 3.64. The Morgan fingerprint density at radius 3 is 2.07 bits per heavy atom. The van der Waals surface area contributed by atoms with Gasteiger partial charge < -0.3 is 0 Å². The lowest BCUT2D eigenvalue weighted by Gasteiger charge is -2.35. The zero-order chi connectivity index (χ0) is 30.6. The molecule has 0 unspecified atom stereocenters. The summed E-state index contributed by atoms with van der Waals surface area (Å²) in [6, 6.07) is 38.2. The van der Waals surface area contributed by atoms with Crippen molar-refractivity contribution in [2.75, 3.05) is 4.31 Å². The molecule has 0 amide bonds. The van der Waals surface area contributed by atoms with Gasteiger partial charge >= 0.3 is 0 Å². The summed E-state index contributed by atoms with van der Waals surface area (Å²) < 4.78 is 30.3. The first kappa shape index (κ1) is 28.1. The fraction of sp³-hybridized carbons (Fsp3) is 0.0789. The Hall–Kier alpha value is -4.71. The number of rotatable bonds is 5. The molecule has 44 heavy (non-hydrogen) atoms. The number of para-hydroxylation sites is 1. The van der Waals surface area contributed by atoms with E-state index in [9.17, 15) is 13.2 Å². The van der Waals surface area contributed by atoms with Crippen LogP contribution in [0.2, 0.25) is 5.02 Å². The number of halogens is 1. The average molecular weight is 614 g/mol. The molecule has 0 radical (unpaired) electrons. The Bertz CT molecular complexity index is 2190. The third-order valence-electron chi connectivity index (χ3n) is 8.37. The number of anilines is 1. The second kappa shape index (κ2) is 10.8. The highest BCUT2D eigenvalue weighted by Gasteiger charge is 2.35. The summed E-state index contributed by atoms with van der Waals surface area (Å²) in [6.07, 6.45) is 0. The molecule has 1 aliphatic rings. The maximum atomic E-state index is 14.4. The van der Waals surface area contributed by atoms with E-state index in [1.54, 1.807) is 19.1 Å². The van der Waals surface area contributed by atoms with E-state index >= 15 is 0 Å². The van der Waals surface area contributed by atoms with Crippen LogP contribution in [0.25, 0.3) is 44.2 Å². The average Bonchev–Trinajstić information content (AvgIpc) is 3.04. The Morgan fingerprint density at radius 2 is 1.36 bits per heavy atom. The molecule has 0 aliphatic carbocycles. The van der Waals surface area contributed by atoms with E-state index in [0.717, 1.165) is 55.3 Å². The van der Waals surface area contributed by atoms with Crippen molar-refractivity contribution in [1.82, 2.24) is 0 Å². The maximum absolute atomic E-state index is 14.4. The zero-order valence-electron chi connectivity index (χ0n) is 24.2. The second-order valence-corrected chi connectivity index (χ2v) is 13.4. The van der Waals surface area contributed by atoms with E-state index in [0.29, 0.717) is 16.3 Å². The number of carbonyl (C=O) groups is 1. The minimum atomic E-state index is -3.92. The lowest BCUT2D eigenvalue weighted by molar-refractivity contribution is 0.101. The molecular weight excluding hydrogens is 586 g/mol. The van der Waals surface area contributed by atoms with Gasteiger partial charge in [-0.25, -0.2) is 8.42 Å². The van der Waals surface area contributed by atoms with Gasteiger partial charge in [0.1, 0.15) is 0 Å². The molecule has 1 aliphatic heterocycles. The van der Waals surface area contributed by atoms with Crippen LogP contribution < -0.4 is 4.31 Å². The van der Waals surface area contributed by atoms with Crippen molar-refractivity contribution < 1.29 is 13.2 Å². The van der Waals surface area contributed by atoms with E-state index in [2.05, 4.69) is 12.1 Å². The summed E-state index contributed by atoms with van der Waals surface area (Å²) in [5, 5.41) is 2.47. The molecule has 0 atom stereocenters. The van der Waals surface area contributed by atoms with Gasteiger partial charge in [0.05, 0.1) is 17.1 Å². The van der Waals surface area contributed by atoms with Crippen LogP contribution >= 0.6 is 11.6 Å². The second-order valence-electron chi connectivity index (χ2n) is 11.1. The highest BCUT2D eigenvalue weighted by Crippen LogP contribution is 2.52. The number of ketones is 1. The first-order chi connectivity index (χ1) is 21.2. The fourth-order valence-corrected chi connectivity index (χ4v) is 7.83. The molecule has 0 N–H and O–H groups in total. The maximum Gasteiger partial charge on any atom is 0.264 e. The molecule has 4 nitrogen and oxygen atoms in total. The zero-order valence-corrected chi connectivity index (χ0v) is 25.8. The van der Waals surface area contributed by atoms with Gasteiger partial charge in [-0.1, -0.05) is 102 Å².